The van der Waals surface area contributed by atoms with E-state index in [1.165, 1.54) is 16.7 Å². The number of hydrogen-bond acceptors (Lipinski definition) is 1. The van der Waals surface area contributed by atoms with Crippen LogP contribution >= 0.6 is 11.6 Å². The van der Waals surface area contributed by atoms with Gasteiger partial charge in [0.25, 0.3) is 0 Å². The SMILES string of the molecule is Cc1ccccc1-c1cc(C)c2cc(Cl)ccc2n1. The summed E-state index contributed by atoms with van der Waals surface area (Å²) in [6.45, 7) is 4.21. The Kier molecular flexibility index (Phi) is 3.00. The molecule has 1 nitrogen and oxygen atoms in total. The molecule has 2 aromatic carbocycles. The van der Waals surface area contributed by atoms with E-state index in [4.69, 9.17) is 16.6 Å². The number of aryl methyl sites for hydroxylation is 2. The number of halogens is 1. The number of nitrogens with zero attached hydrogens (tertiary/aromatic N) is 1. The van der Waals surface area contributed by atoms with Gasteiger partial charge in [-0.1, -0.05) is 35.9 Å². The third-order valence-corrected chi connectivity index (χ3v) is 3.63. The largest absolute Gasteiger partial charge is 0.248 e. The van der Waals surface area contributed by atoms with Gasteiger partial charge in [0.2, 0.25) is 0 Å². The second-order valence-corrected chi connectivity index (χ2v) is 5.24. The molecule has 0 atom stereocenters. The molecule has 1 heterocycles. The summed E-state index contributed by atoms with van der Waals surface area (Å²) in [4.78, 5) is 4.75. The highest BCUT2D eigenvalue weighted by Gasteiger charge is 2.07. The van der Waals surface area contributed by atoms with E-state index in [0.29, 0.717) is 0 Å². The van der Waals surface area contributed by atoms with E-state index in [0.717, 1.165) is 21.6 Å². The van der Waals surface area contributed by atoms with Gasteiger partial charge in [0.1, 0.15) is 0 Å². The lowest BCUT2D eigenvalue weighted by atomic mass is 10.0. The molecule has 0 unspecified atom stereocenters. The zero-order valence-electron chi connectivity index (χ0n) is 10.9. The third kappa shape index (κ3) is 2.22. The van der Waals surface area contributed by atoms with Gasteiger partial charge in [-0.05, 0) is 49.2 Å². The van der Waals surface area contributed by atoms with Crippen molar-refractivity contribution in [2.45, 2.75) is 13.8 Å². The molecular weight excluding hydrogens is 254 g/mol. The first-order valence-electron chi connectivity index (χ1n) is 6.28. The fraction of sp³-hybridized carbons (Fsp3) is 0.118. The smallest absolute Gasteiger partial charge is 0.0715 e. The molecule has 0 aliphatic rings. The van der Waals surface area contributed by atoms with Crippen LogP contribution in [0.1, 0.15) is 11.1 Å². The maximum atomic E-state index is 6.04. The molecule has 2 heteroatoms. The van der Waals surface area contributed by atoms with Crippen molar-refractivity contribution in [2.24, 2.45) is 0 Å². The number of rotatable bonds is 1. The quantitative estimate of drug-likeness (QED) is 0.593. The molecule has 0 bridgehead atoms. The number of benzene rings is 2. The summed E-state index contributed by atoms with van der Waals surface area (Å²) in [6, 6.07) is 16.3. The van der Waals surface area contributed by atoms with Crippen molar-refractivity contribution in [3.63, 3.8) is 0 Å². The Hall–Kier alpha value is -1.86. The van der Waals surface area contributed by atoms with Crippen molar-refractivity contribution >= 4 is 22.5 Å². The van der Waals surface area contributed by atoms with Gasteiger partial charge in [-0.3, -0.25) is 0 Å². The van der Waals surface area contributed by atoms with Gasteiger partial charge < -0.3 is 0 Å². The summed E-state index contributed by atoms with van der Waals surface area (Å²) in [5.41, 5.74) is 5.63. The van der Waals surface area contributed by atoms with Crippen LogP contribution in [0.5, 0.6) is 0 Å². The van der Waals surface area contributed by atoms with Gasteiger partial charge >= 0.3 is 0 Å². The summed E-state index contributed by atoms with van der Waals surface area (Å²) in [6.07, 6.45) is 0. The average Bonchev–Trinajstić information content (AvgIpc) is 2.40. The van der Waals surface area contributed by atoms with E-state index in [-0.39, 0.29) is 0 Å². The molecular formula is C17H14ClN. The Bertz CT molecular complexity index is 762. The van der Waals surface area contributed by atoms with Crippen LogP contribution in [0.2, 0.25) is 5.02 Å². The molecule has 0 radical (unpaired) electrons. The van der Waals surface area contributed by atoms with Gasteiger partial charge in [-0.25, -0.2) is 4.98 Å². The van der Waals surface area contributed by atoms with E-state index in [2.05, 4.69) is 32.0 Å². The van der Waals surface area contributed by atoms with Crippen LogP contribution in [-0.2, 0) is 0 Å². The number of fused-ring (bicyclic) bond motifs is 1. The molecule has 3 rings (SSSR count). The lowest BCUT2D eigenvalue weighted by molar-refractivity contribution is 1.34. The van der Waals surface area contributed by atoms with Gasteiger partial charge in [-0.2, -0.15) is 0 Å². The van der Waals surface area contributed by atoms with Crippen LogP contribution in [0.15, 0.2) is 48.5 Å². The van der Waals surface area contributed by atoms with Crippen LogP contribution in [-0.4, -0.2) is 4.98 Å². The summed E-state index contributed by atoms with van der Waals surface area (Å²) in [5, 5.41) is 1.87. The monoisotopic (exact) mass is 267 g/mol. The van der Waals surface area contributed by atoms with Gasteiger partial charge in [0, 0.05) is 16.0 Å². The standard InChI is InChI=1S/C17H14ClN/c1-11-5-3-4-6-14(11)17-9-12(2)15-10-13(18)7-8-16(15)19-17/h3-10H,1-2H3. The predicted molar refractivity (Wildman–Crippen MR) is 81.7 cm³/mol. The minimum absolute atomic E-state index is 0.751. The first-order chi connectivity index (χ1) is 9.15. The maximum absolute atomic E-state index is 6.04. The minimum atomic E-state index is 0.751. The minimum Gasteiger partial charge on any atom is -0.248 e. The second kappa shape index (κ2) is 4.67. The van der Waals surface area contributed by atoms with Gasteiger partial charge in [0.05, 0.1) is 11.2 Å². The molecule has 3 aromatic rings. The van der Waals surface area contributed by atoms with Crippen LogP contribution in [0.4, 0.5) is 0 Å². The number of aromatic nitrogens is 1. The maximum Gasteiger partial charge on any atom is 0.0715 e. The third-order valence-electron chi connectivity index (χ3n) is 3.40. The fourth-order valence-corrected chi connectivity index (χ4v) is 2.54. The lowest BCUT2D eigenvalue weighted by Crippen LogP contribution is -1.90. The number of hydrogen-bond donors (Lipinski definition) is 0. The topological polar surface area (TPSA) is 12.9 Å². The zero-order valence-corrected chi connectivity index (χ0v) is 11.7. The van der Waals surface area contributed by atoms with Crippen LogP contribution in [0.25, 0.3) is 22.2 Å². The molecule has 0 fully saturated rings. The Morgan fingerprint density at radius 2 is 1.68 bits per heavy atom. The molecule has 0 saturated heterocycles. The van der Waals surface area contributed by atoms with E-state index in [9.17, 15) is 0 Å². The zero-order chi connectivity index (χ0) is 13.4. The highest BCUT2D eigenvalue weighted by molar-refractivity contribution is 6.31. The Balaban J connectivity index is 2.27. The predicted octanol–water partition coefficient (Wildman–Crippen LogP) is 5.17. The van der Waals surface area contributed by atoms with Crippen molar-refractivity contribution in [3.8, 4) is 11.3 Å². The van der Waals surface area contributed by atoms with E-state index in [1.54, 1.807) is 0 Å². The fourth-order valence-electron chi connectivity index (χ4n) is 2.36. The Morgan fingerprint density at radius 3 is 2.47 bits per heavy atom. The first-order valence-corrected chi connectivity index (χ1v) is 6.66. The summed E-state index contributed by atoms with van der Waals surface area (Å²) >= 11 is 6.04. The van der Waals surface area contributed by atoms with Crippen molar-refractivity contribution < 1.29 is 0 Å². The molecule has 1 aromatic heterocycles. The van der Waals surface area contributed by atoms with Gasteiger partial charge in [0.15, 0.2) is 0 Å². The molecule has 0 spiro atoms. The van der Waals surface area contributed by atoms with Crippen molar-refractivity contribution in [3.05, 3.63) is 64.7 Å². The summed E-state index contributed by atoms with van der Waals surface area (Å²) in [5.74, 6) is 0. The Labute approximate surface area is 117 Å². The van der Waals surface area contributed by atoms with Crippen LogP contribution in [0, 0.1) is 13.8 Å². The average molecular weight is 268 g/mol. The van der Waals surface area contributed by atoms with E-state index in [1.807, 2.05) is 30.3 Å². The van der Waals surface area contributed by atoms with E-state index < -0.39 is 0 Å². The van der Waals surface area contributed by atoms with Crippen molar-refractivity contribution in [2.75, 3.05) is 0 Å². The lowest BCUT2D eigenvalue weighted by Gasteiger charge is -2.09. The molecule has 0 aliphatic heterocycles. The highest BCUT2D eigenvalue weighted by Crippen LogP contribution is 2.27. The molecule has 0 amide bonds. The molecule has 94 valence electrons. The van der Waals surface area contributed by atoms with E-state index >= 15 is 0 Å². The molecule has 0 aliphatic carbocycles. The Morgan fingerprint density at radius 1 is 0.895 bits per heavy atom. The van der Waals surface area contributed by atoms with Crippen LogP contribution in [0.3, 0.4) is 0 Å². The number of pyridine rings is 1. The second-order valence-electron chi connectivity index (χ2n) is 4.80. The van der Waals surface area contributed by atoms with Crippen molar-refractivity contribution in [1.82, 2.24) is 4.98 Å². The van der Waals surface area contributed by atoms with Gasteiger partial charge in [-0.15, -0.1) is 0 Å². The highest BCUT2D eigenvalue weighted by atomic mass is 35.5. The van der Waals surface area contributed by atoms with Crippen molar-refractivity contribution in [1.29, 1.82) is 0 Å². The first kappa shape index (κ1) is 12.2. The molecule has 0 saturated carbocycles. The molecule has 0 N–H and O–H groups in total. The normalized spacial score (nSPS) is 10.9. The summed E-state index contributed by atoms with van der Waals surface area (Å²) in [7, 11) is 0. The summed E-state index contributed by atoms with van der Waals surface area (Å²) < 4.78 is 0. The molecule has 19 heavy (non-hydrogen) atoms. The van der Waals surface area contributed by atoms with Crippen LogP contribution < -0.4 is 0 Å².